The highest BCUT2D eigenvalue weighted by atomic mass is 32.2. The van der Waals surface area contributed by atoms with E-state index in [4.69, 9.17) is 0 Å². The molecule has 24 heavy (non-hydrogen) atoms. The number of carbonyl (C=O) groups excluding carboxylic acids is 1. The lowest BCUT2D eigenvalue weighted by Gasteiger charge is -2.11. The maximum atomic E-state index is 12.5. The molecule has 0 saturated carbocycles. The molecule has 0 aliphatic carbocycles. The van der Waals surface area contributed by atoms with Gasteiger partial charge in [0.05, 0.1) is 28.8 Å². The van der Waals surface area contributed by atoms with Gasteiger partial charge in [-0.15, -0.1) is 0 Å². The fraction of sp³-hybridized carbons (Fsp3) is 0.412. The second-order valence-corrected chi connectivity index (χ2v) is 8.44. The molecule has 128 valence electrons. The fourth-order valence-corrected chi connectivity index (χ4v) is 4.87. The van der Waals surface area contributed by atoms with Crippen molar-refractivity contribution in [2.24, 2.45) is 0 Å². The van der Waals surface area contributed by atoms with Gasteiger partial charge >= 0.3 is 0 Å². The van der Waals surface area contributed by atoms with Crippen molar-refractivity contribution < 1.29 is 13.2 Å². The number of nitrogens with zero attached hydrogens (tertiary/aromatic N) is 2. The maximum absolute atomic E-state index is 12.5. The minimum atomic E-state index is -2.99. The second-order valence-electron chi connectivity index (χ2n) is 6.22. The summed E-state index contributed by atoms with van der Waals surface area (Å²) in [5.41, 5.74) is 2.91. The van der Waals surface area contributed by atoms with Crippen LogP contribution < -0.4 is 5.32 Å². The van der Waals surface area contributed by atoms with Crippen molar-refractivity contribution in [3.63, 3.8) is 0 Å². The lowest BCUT2D eigenvalue weighted by atomic mass is 10.1. The third-order valence-electron chi connectivity index (χ3n) is 4.40. The van der Waals surface area contributed by atoms with Crippen LogP contribution in [0.2, 0.25) is 0 Å². The summed E-state index contributed by atoms with van der Waals surface area (Å²) >= 11 is 0. The van der Waals surface area contributed by atoms with Crippen LogP contribution in [0.15, 0.2) is 30.3 Å². The molecule has 0 unspecified atom stereocenters. The van der Waals surface area contributed by atoms with E-state index in [2.05, 4.69) is 10.4 Å². The molecule has 1 saturated heterocycles. The Morgan fingerprint density at radius 1 is 1.29 bits per heavy atom. The molecule has 0 bridgehead atoms. The molecule has 2 heterocycles. The Morgan fingerprint density at radius 3 is 2.62 bits per heavy atom. The highest BCUT2D eigenvalue weighted by Crippen LogP contribution is 2.26. The van der Waals surface area contributed by atoms with Gasteiger partial charge in [-0.3, -0.25) is 9.48 Å². The number of sulfone groups is 1. The molecule has 1 amide bonds. The Bertz CT molecular complexity index is 857. The number of aryl methyl sites for hydroxylation is 1. The Labute approximate surface area is 141 Å². The van der Waals surface area contributed by atoms with Gasteiger partial charge in [-0.2, -0.15) is 5.10 Å². The normalized spacial score (nSPS) is 19.3. The molecule has 1 aromatic heterocycles. The largest absolute Gasteiger partial charge is 0.348 e. The van der Waals surface area contributed by atoms with Crippen molar-refractivity contribution in [2.45, 2.75) is 32.9 Å². The maximum Gasteiger partial charge on any atom is 0.255 e. The van der Waals surface area contributed by atoms with Crippen LogP contribution in [0.5, 0.6) is 0 Å². The van der Waals surface area contributed by atoms with Gasteiger partial charge in [-0.05, 0) is 25.8 Å². The van der Waals surface area contributed by atoms with Crippen molar-refractivity contribution in [1.29, 1.82) is 0 Å². The molecule has 0 spiro atoms. The van der Waals surface area contributed by atoms with Crippen LogP contribution in [0.1, 0.15) is 39.8 Å². The molecule has 3 rings (SSSR count). The van der Waals surface area contributed by atoms with E-state index in [-0.39, 0.29) is 23.5 Å². The molecular weight excluding hydrogens is 326 g/mol. The highest BCUT2D eigenvalue weighted by molar-refractivity contribution is 7.91. The van der Waals surface area contributed by atoms with Crippen molar-refractivity contribution >= 4 is 15.7 Å². The summed E-state index contributed by atoms with van der Waals surface area (Å²) in [6, 6.07) is 9.51. The predicted molar refractivity (Wildman–Crippen MR) is 91.6 cm³/mol. The molecule has 6 nitrogen and oxygen atoms in total. The summed E-state index contributed by atoms with van der Waals surface area (Å²) in [6.45, 7) is 4.05. The summed E-state index contributed by atoms with van der Waals surface area (Å²) in [6.07, 6.45) is 0.551. The monoisotopic (exact) mass is 347 g/mol. The number of hydrogen-bond acceptors (Lipinski definition) is 4. The van der Waals surface area contributed by atoms with E-state index in [1.54, 1.807) is 11.6 Å². The first-order valence-corrected chi connectivity index (χ1v) is 9.78. The molecule has 1 N–H and O–H groups in total. The molecule has 1 atom stereocenters. The summed E-state index contributed by atoms with van der Waals surface area (Å²) in [5.74, 6) is 0.104. The van der Waals surface area contributed by atoms with Gasteiger partial charge in [0.2, 0.25) is 0 Å². The van der Waals surface area contributed by atoms with Crippen LogP contribution in [0.4, 0.5) is 0 Å². The molecule has 0 radical (unpaired) electrons. The van der Waals surface area contributed by atoms with E-state index in [1.807, 2.05) is 37.3 Å². The average molecular weight is 347 g/mol. The number of amides is 1. The molecule has 7 heteroatoms. The lowest BCUT2D eigenvalue weighted by Crippen LogP contribution is -2.24. The van der Waals surface area contributed by atoms with Gasteiger partial charge < -0.3 is 5.32 Å². The van der Waals surface area contributed by atoms with Crippen molar-refractivity contribution in [1.82, 2.24) is 15.1 Å². The van der Waals surface area contributed by atoms with E-state index in [0.717, 1.165) is 11.3 Å². The Kier molecular flexibility index (Phi) is 4.45. The van der Waals surface area contributed by atoms with Crippen LogP contribution >= 0.6 is 0 Å². The number of hydrogen-bond donors (Lipinski definition) is 1. The average Bonchev–Trinajstić information content (AvgIpc) is 3.05. The predicted octanol–water partition coefficient (Wildman–Crippen LogP) is 1.79. The first kappa shape index (κ1) is 16.7. The van der Waals surface area contributed by atoms with Crippen LogP contribution in [0.3, 0.4) is 0 Å². The minimum Gasteiger partial charge on any atom is -0.348 e. The van der Waals surface area contributed by atoms with E-state index < -0.39 is 9.84 Å². The molecule has 2 aromatic rings. The van der Waals surface area contributed by atoms with Gasteiger partial charge in [-0.1, -0.05) is 30.3 Å². The Hall–Kier alpha value is -2.15. The summed E-state index contributed by atoms with van der Waals surface area (Å²) in [4.78, 5) is 12.5. The minimum absolute atomic E-state index is 0.0973. The van der Waals surface area contributed by atoms with Gasteiger partial charge in [0, 0.05) is 12.2 Å². The highest BCUT2D eigenvalue weighted by Gasteiger charge is 2.32. The zero-order valence-electron chi connectivity index (χ0n) is 13.8. The number of aromatic nitrogens is 2. The Balaban J connectivity index is 1.77. The van der Waals surface area contributed by atoms with Crippen LogP contribution in [-0.4, -0.2) is 35.6 Å². The number of benzene rings is 1. The third-order valence-corrected chi connectivity index (χ3v) is 6.15. The quantitative estimate of drug-likeness (QED) is 0.914. The molecular formula is C17H21N3O3S. The first-order chi connectivity index (χ1) is 11.4. The number of rotatable bonds is 4. The topological polar surface area (TPSA) is 81.1 Å². The standard InChI is InChI=1S/C17H21N3O3S/c1-12-16(17(21)18-10-14-6-4-3-5-7-14)13(2)20(19-12)15-8-9-24(22,23)11-15/h3-7,15H,8-11H2,1-2H3,(H,18,21)/t15-/m0/s1. The van der Waals surface area contributed by atoms with Crippen molar-refractivity contribution in [3.8, 4) is 0 Å². The SMILES string of the molecule is Cc1nn([C@H]2CCS(=O)(=O)C2)c(C)c1C(=O)NCc1ccccc1. The van der Waals surface area contributed by atoms with Gasteiger partial charge in [-0.25, -0.2) is 8.42 Å². The van der Waals surface area contributed by atoms with Crippen molar-refractivity contribution in [2.75, 3.05) is 11.5 Å². The Morgan fingerprint density at radius 2 is 2.00 bits per heavy atom. The van der Waals surface area contributed by atoms with Gasteiger partial charge in [0.1, 0.15) is 0 Å². The fourth-order valence-electron chi connectivity index (χ4n) is 3.18. The van der Waals surface area contributed by atoms with Crippen LogP contribution in [0.25, 0.3) is 0 Å². The van der Waals surface area contributed by atoms with E-state index in [1.165, 1.54) is 0 Å². The van der Waals surface area contributed by atoms with E-state index in [9.17, 15) is 13.2 Å². The van der Waals surface area contributed by atoms with Crippen LogP contribution in [0, 0.1) is 13.8 Å². The second kappa shape index (κ2) is 6.39. The summed E-state index contributed by atoms with van der Waals surface area (Å²) in [5, 5.41) is 7.33. The summed E-state index contributed by atoms with van der Waals surface area (Å²) < 4.78 is 25.1. The zero-order chi connectivity index (χ0) is 17.3. The molecule has 1 aliphatic heterocycles. The molecule has 1 aromatic carbocycles. The third kappa shape index (κ3) is 3.36. The van der Waals surface area contributed by atoms with Crippen LogP contribution in [-0.2, 0) is 16.4 Å². The first-order valence-electron chi connectivity index (χ1n) is 7.95. The van der Waals surface area contributed by atoms with Gasteiger partial charge in [0.15, 0.2) is 9.84 Å². The molecule has 1 fully saturated rings. The van der Waals surface area contributed by atoms with Gasteiger partial charge in [0.25, 0.3) is 5.91 Å². The smallest absolute Gasteiger partial charge is 0.255 e. The summed E-state index contributed by atoms with van der Waals surface area (Å²) in [7, 11) is -2.99. The molecule has 1 aliphatic rings. The van der Waals surface area contributed by atoms with E-state index >= 15 is 0 Å². The van der Waals surface area contributed by atoms with Crippen molar-refractivity contribution in [3.05, 3.63) is 52.8 Å². The number of carbonyl (C=O) groups is 1. The zero-order valence-corrected chi connectivity index (χ0v) is 14.6. The number of nitrogens with one attached hydrogen (secondary N) is 1. The van der Waals surface area contributed by atoms with E-state index in [0.29, 0.717) is 24.2 Å². The lowest BCUT2D eigenvalue weighted by molar-refractivity contribution is 0.0949.